The normalized spacial score (nSPS) is 10.4. The van der Waals surface area contributed by atoms with Crippen molar-refractivity contribution in [1.82, 2.24) is 0 Å². The number of benzene rings is 1. The number of halogens is 3. The van der Waals surface area contributed by atoms with E-state index in [1.54, 1.807) is 12.1 Å². The molecule has 1 nitrogen and oxygen atoms in total. The molecule has 0 amide bonds. The largest absolute Gasteiger partial charge is 0.435 e. The van der Waals surface area contributed by atoms with Gasteiger partial charge in [0.05, 0.1) is 0 Å². The maximum Gasteiger partial charge on any atom is 0.387 e. The van der Waals surface area contributed by atoms with E-state index < -0.39 is 6.61 Å². The molecule has 0 aromatic heterocycles. The van der Waals surface area contributed by atoms with E-state index in [2.05, 4.69) is 27.6 Å². The number of hydrogen-bond acceptors (Lipinski definition) is 1. The average Bonchev–Trinajstić information content (AvgIpc) is 1.94. The van der Waals surface area contributed by atoms with Crippen molar-refractivity contribution in [3.63, 3.8) is 0 Å². The number of rotatable bonds is 2. The van der Waals surface area contributed by atoms with Crippen LogP contribution in [0.1, 0.15) is 5.56 Å². The Balaban J connectivity index is 2.86. The van der Waals surface area contributed by atoms with Crippen LogP contribution in [0.2, 0.25) is 0 Å². The van der Waals surface area contributed by atoms with Gasteiger partial charge < -0.3 is 4.74 Å². The second-order valence-corrected chi connectivity index (χ2v) is 3.05. The lowest BCUT2D eigenvalue weighted by molar-refractivity contribution is -0.0501. The predicted molar refractivity (Wildman–Crippen MR) is 45.2 cm³/mol. The Morgan fingerprint density at radius 1 is 1.42 bits per heavy atom. The van der Waals surface area contributed by atoms with Crippen LogP contribution in [-0.2, 0) is 0 Å². The summed E-state index contributed by atoms with van der Waals surface area (Å²) in [5.74, 6) is 0.105. The van der Waals surface area contributed by atoms with Crippen LogP contribution < -0.4 is 4.74 Å². The summed E-state index contributed by atoms with van der Waals surface area (Å²) in [4.78, 5) is 0. The van der Waals surface area contributed by atoms with Crippen LogP contribution >= 0.6 is 15.9 Å². The molecule has 0 saturated heterocycles. The van der Waals surface area contributed by atoms with E-state index in [0.29, 0.717) is 5.56 Å². The summed E-state index contributed by atoms with van der Waals surface area (Å²) in [5, 5.41) is 0. The summed E-state index contributed by atoms with van der Waals surface area (Å²) in [6.45, 7) is 0.747. The first-order valence-electron chi connectivity index (χ1n) is 3.16. The van der Waals surface area contributed by atoms with Crippen molar-refractivity contribution in [3.8, 4) is 5.75 Å². The number of ether oxygens (including phenoxy) is 1. The minimum Gasteiger partial charge on any atom is -0.435 e. The van der Waals surface area contributed by atoms with Crippen molar-refractivity contribution in [3.05, 3.63) is 35.2 Å². The zero-order chi connectivity index (χ0) is 9.14. The van der Waals surface area contributed by atoms with E-state index in [1.807, 2.05) is 0 Å². The third-order valence-corrected chi connectivity index (χ3v) is 1.73. The van der Waals surface area contributed by atoms with Crippen LogP contribution in [0.3, 0.4) is 0 Å². The Hall–Kier alpha value is -0.640. The summed E-state index contributed by atoms with van der Waals surface area (Å²) in [5.41, 5.74) is 0.435. The van der Waals surface area contributed by atoms with Crippen LogP contribution in [0.5, 0.6) is 5.75 Å². The fraction of sp³-hybridized carbons (Fsp3) is 0.125. The maximum absolute atomic E-state index is 11.7. The lowest BCUT2D eigenvalue weighted by Crippen LogP contribution is -2.02. The van der Waals surface area contributed by atoms with E-state index in [4.69, 9.17) is 0 Å². The molecule has 0 aliphatic heterocycles. The Bertz CT molecular complexity index is 276. The molecule has 0 aliphatic carbocycles. The third kappa shape index (κ3) is 2.44. The molecule has 0 saturated carbocycles. The third-order valence-electron chi connectivity index (χ3n) is 1.24. The molecule has 0 atom stereocenters. The van der Waals surface area contributed by atoms with E-state index in [1.165, 1.54) is 6.07 Å². The molecule has 0 N–H and O–H groups in total. The SMILES string of the molecule is [CH2]c1cc(Br)ccc1OC(F)F. The number of hydrogen-bond donors (Lipinski definition) is 0. The molecule has 0 spiro atoms. The van der Waals surface area contributed by atoms with Crippen molar-refractivity contribution < 1.29 is 13.5 Å². The van der Waals surface area contributed by atoms with Crippen molar-refractivity contribution >= 4 is 15.9 Å². The molecule has 65 valence electrons. The van der Waals surface area contributed by atoms with Crippen LogP contribution in [0.4, 0.5) is 8.78 Å². The molecule has 1 aromatic carbocycles. The van der Waals surface area contributed by atoms with Gasteiger partial charge in [0.2, 0.25) is 0 Å². The first-order valence-corrected chi connectivity index (χ1v) is 3.95. The molecular formula is C8H6BrF2O. The molecule has 0 bridgehead atoms. The molecule has 1 aromatic rings. The van der Waals surface area contributed by atoms with Gasteiger partial charge in [-0.3, -0.25) is 0 Å². The molecule has 0 unspecified atom stereocenters. The highest BCUT2D eigenvalue weighted by atomic mass is 79.9. The van der Waals surface area contributed by atoms with E-state index in [9.17, 15) is 8.78 Å². The van der Waals surface area contributed by atoms with Crippen molar-refractivity contribution in [1.29, 1.82) is 0 Å². The van der Waals surface area contributed by atoms with Crippen LogP contribution in [0.15, 0.2) is 22.7 Å². The first kappa shape index (κ1) is 9.45. The maximum atomic E-state index is 11.7. The van der Waals surface area contributed by atoms with Gasteiger partial charge in [-0.15, -0.1) is 0 Å². The van der Waals surface area contributed by atoms with Crippen LogP contribution in [-0.4, -0.2) is 6.61 Å². The van der Waals surface area contributed by atoms with Crippen molar-refractivity contribution in [2.45, 2.75) is 6.61 Å². The Morgan fingerprint density at radius 3 is 2.58 bits per heavy atom. The van der Waals surface area contributed by atoms with Gasteiger partial charge in [-0.1, -0.05) is 15.9 Å². The van der Waals surface area contributed by atoms with Gasteiger partial charge in [-0.05, 0) is 30.7 Å². The van der Waals surface area contributed by atoms with Gasteiger partial charge >= 0.3 is 6.61 Å². The highest BCUT2D eigenvalue weighted by Gasteiger charge is 2.06. The highest BCUT2D eigenvalue weighted by molar-refractivity contribution is 9.10. The van der Waals surface area contributed by atoms with Crippen LogP contribution in [0.25, 0.3) is 0 Å². The Labute approximate surface area is 77.5 Å². The smallest absolute Gasteiger partial charge is 0.387 e. The van der Waals surface area contributed by atoms with Crippen LogP contribution in [0, 0.1) is 6.92 Å². The monoisotopic (exact) mass is 235 g/mol. The Morgan fingerprint density at radius 2 is 2.08 bits per heavy atom. The average molecular weight is 236 g/mol. The summed E-state index contributed by atoms with van der Waals surface area (Å²) in [7, 11) is 0. The molecule has 12 heavy (non-hydrogen) atoms. The van der Waals surface area contributed by atoms with E-state index in [-0.39, 0.29) is 5.75 Å². The second kappa shape index (κ2) is 3.85. The van der Waals surface area contributed by atoms with Gasteiger partial charge in [-0.2, -0.15) is 8.78 Å². The zero-order valence-electron chi connectivity index (χ0n) is 6.06. The Kier molecular flexibility index (Phi) is 3.03. The molecule has 0 heterocycles. The summed E-state index contributed by atoms with van der Waals surface area (Å²) >= 11 is 3.18. The first-order chi connectivity index (χ1) is 5.59. The van der Waals surface area contributed by atoms with Gasteiger partial charge in [0.25, 0.3) is 0 Å². The quantitative estimate of drug-likeness (QED) is 0.765. The highest BCUT2D eigenvalue weighted by Crippen LogP contribution is 2.23. The lowest BCUT2D eigenvalue weighted by Gasteiger charge is -2.06. The number of alkyl halides is 2. The standard InChI is InChI=1S/C8H6BrF2O/c1-5-4-6(9)2-3-7(5)12-8(10)11/h2-4,8H,1H2. The topological polar surface area (TPSA) is 9.23 Å². The van der Waals surface area contributed by atoms with Gasteiger partial charge in [0.15, 0.2) is 0 Å². The molecule has 0 fully saturated rings. The van der Waals surface area contributed by atoms with Gasteiger partial charge in [0.1, 0.15) is 5.75 Å². The fourth-order valence-corrected chi connectivity index (χ4v) is 1.17. The summed E-state index contributed by atoms with van der Waals surface area (Å²) in [6.07, 6.45) is 0. The minimum absolute atomic E-state index is 0.105. The zero-order valence-corrected chi connectivity index (χ0v) is 7.64. The van der Waals surface area contributed by atoms with Gasteiger partial charge in [-0.25, -0.2) is 0 Å². The minimum atomic E-state index is -2.80. The van der Waals surface area contributed by atoms with Gasteiger partial charge in [0, 0.05) is 4.47 Å². The molecule has 1 rings (SSSR count). The summed E-state index contributed by atoms with van der Waals surface area (Å²) < 4.78 is 28.4. The van der Waals surface area contributed by atoms with E-state index >= 15 is 0 Å². The van der Waals surface area contributed by atoms with E-state index in [0.717, 1.165) is 4.47 Å². The van der Waals surface area contributed by atoms with Crippen molar-refractivity contribution in [2.24, 2.45) is 0 Å². The molecule has 1 radical (unpaired) electrons. The molecule has 4 heteroatoms. The molecule has 0 aliphatic rings. The fourth-order valence-electron chi connectivity index (χ4n) is 0.759. The second-order valence-electron chi connectivity index (χ2n) is 2.13. The predicted octanol–water partition coefficient (Wildman–Crippen LogP) is 3.23. The van der Waals surface area contributed by atoms with Crippen molar-refractivity contribution in [2.75, 3.05) is 0 Å². The lowest BCUT2D eigenvalue weighted by atomic mass is 10.2. The summed E-state index contributed by atoms with van der Waals surface area (Å²) in [6, 6.07) is 4.67. The molecular weight excluding hydrogens is 230 g/mol.